The molecule has 0 atom stereocenters. The second-order valence-electron chi connectivity index (χ2n) is 7.10. The van der Waals surface area contributed by atoms with Crippen molar-refractivity contribution in [1.82, 2.24) is 19.7 Å². The lowest BCUT2D eigenvalue weighted by Gasteiger charge is -2.21. The molecule has 6 heteroatoms. The molecule has 24 heavy (non-hydrogen) atoms. The van der Waals surface area contributed by atoms with Crippen molar-refractivity contribution in [2.75, 3.05) is 11.9 Å². The standard InChI is InChI=1S/C18H22FN5/c1-12-6-7-13(8-15(12)19)10-23(5)16-14-9-22-24(18(2,3)4)17(14)21-11-20-16/h6-9,11H,10H2,1-5H3. The molecule has 5 nitrogen and oxygen atoms in total. The highest BCUT2D eigenvalue weighted by molar-refractivity contribution is 5.86. The first-order chi connectivity index (χ1) is 11.3. The number of aryl methyl sites for hydroxylation is 1. The summed E-state index contributed by atoms with van der Waals surface area (Å²) in [6.07, 6.45) is 3.34. The molecule has 2 heterocycles. The van der Waals surface area contributed by atoms with E-state index < -0.39 is 0 Å². The Morgan fingerprint density at radius 2 is 1.96 bits per heavy atom. The van der Waals surface area contributed by atoms with Crippen LogP contribution in [0, 0.1) is 12.7 Å². The number of benzene rings is 1. The van der Waals surface area contributed by atoms with Gasteiger partial charge in [-0.15, -0.1) is 0 Å². The van der Waals surface area contributed by atoms with Crippen LogP contribution in [0.4, 0.5) is 10.2 Å². The van der Waals surface area contributed by atoms with Gasteiger partial charge in [0.25, 0.3) is 0 Å². The number of fused-ring (bicyclic) bond motifs is 1. The minimum Gasteiger partial charge on any atom is -0.355 e. The molecule has 3 rings (SSSR count). The highest BCUT2D eigenvalue weighted by atomic mass is 19.1. The molecule has 0 N–H and O–H groups in total. The van der Waals surface area contributed by atoms with Crippen molar-refractivity contribution >= 4 is 16.9 Å². The van der Waals surface area contributed by atoms with Gasteiger partial charge in [0.05, 0.1) is 17.1 Å². The molecule has 3 aromatic rings. The average Bonchev–Trinajstić information content (AvgIpc) is 2.95. The Balaban J connectivity index is 1.96. The minimum atomic E-state index is -0.186. The van der Waals surface area contributed by atoms with Gasteiger partial charge in [-0.3, -0.25) is 0 Å². The quantitative estimate of drug-likeness (QED) is 0.736. The van der Waals surface area contributed by atoms with E-state index in [4.69, 9.17) is 0 Å². The third kappa shape index (κ3) is 2.96. The zero-order valence-electron chi connectivity index (χ0n) is 14.7. The van der Waals surface area contributed by atoms with Crippen molar-refractivity contribution in [3.05, 3.63) is 47.7 Å². The third-order valence-corrected chi connectivity index (χ3v) is 4.00. The highest BCUT2D eigenvalue weighted by Crippen LogP contribution is 2.26. The maximum Gasteiger partial charge on any atom is 0.163 e. The van der Waals surface area contributed by atoms with Gasteiger partial charge in [0, 0.05) is 13.6 Å². The van der Waals surface area contributed by atoms with E-state index in [1.807, 2.05) is 22.7 Å². The molecule has 1 aromatic carbocycles. The highest BCUT2D eigenvalue weighted by Gasteiger charge is 2.20. The molecule has 0 spiro atoms. The topological polar surface area (TPSA) is 46.8 Å². The van der Waals surface area contributed by atoms with Crippen LogP contribution in [0.2, 0.25) is 0 Å². The van der Waals surface area contributed by atoms with Gasteiger partial charge in [0.1, 0.15) is 18.0 Å². The zero-order valence-corrected chi connectivity index (χ0v) is 14.7. The maximum absolute atomic E-state index is 13.8. The summed E-state index contributed by atoms with van der Waals surface area (Å²) in [6.45, 7) is 8.57. The van der Waals surface area contributed by atoms with E-state index in [1.54, 1.807) is 31.6 Å². The molecule has 0 aliphatic rings. The molecule has 0 bridgehead atoms. The molecule has 0 saturated carbocycles. The first-order valence-electron chi connectivity index (χ1n) is 7.93. The predicted molar refractivity (Wildman–Crippen MR) is 93.6 cm³/mol. The van der Waals surface area contributed by atoms with Crippen LogP contribution in [0.3, 0.4) is 0 Å². The minimum absolute atomic E-state index is 0.161. The first-order valence-corrected chi connectivity index (χ1v) is 7.93. The smallest absolute Gasteiger partial charge is 0.163 e. The Labute approximate surface area is 141 Å². The van der Waals surface area contributed by atoms with Gasteiger partial charge in [-0.1, -0.05) is 12.1 Å². The second-order valence-corrected chi connectivity index (χ2v) is 7.10. The lowest BCUT2D eigenvalue weighted by atomic mass is 10.1. The normalized spacial score (nSPS) is 11.9. The molecule has 0 aliphatic carbocycles. The number of halogens is 1. The van der Waals surface area contributed by atoms with Crippen molar-refractivity contribution in [2.24, 2.45) is 0 Å². The lowest BCUT2D eigenvalue weighted by molar-refractivity contribution is 0.366. The van der Waals surface area contributed by atoms with Gasteiger partial charge >= 0.3 is 0 Å². The fourth-order valence-electron chi connectivity index (χ4n) is 2.71. The van der Waals surface area contributed by atoms with Gasteiger partial charge in [-0.2, -0.15) is 5.10 Å². The number of aromatic nitrogens is 4. The summed E-state index contributed by atoms with van der Waals surface area (Å²) < 4.78 is 15.7. The Hall–Kier alpha value is -2.50. The van der Waals surface area contributed by atoms with Crippen LogP contribution in [0.5, 0.6) is 0 Å². The number of anilines is 1. The van der Waals surface area contributed by atoms with Gasteiger partial charge in [-0.25, -0.2) is 19.0 Å². The van der Waals surface area contributed by atoms with Crippen molar-refractivity contribution < 1.29 is 4.39 Å². The Morgan fingerprint density at radius 3 is 2.62 bits per heavy atom. The maximum atomic E-state index is 13.8. The monoisotopic (exact) mass is 327 g/mol. The number of hydrogen-bond acceptors (Lipinski definition) is 4. The zero-order chi connectivity index (χ0) is 17.5. The van der Waals surface area contributed by atoms with E-state index in [0.29, 0.717) is 12.1 Å². The molecule has 0 fully saturated rings. The van der Waals surface area contributed by atoms with Crippen LogP contribution < -0.4 is 4.90 Å². The van der Waals surface area contributed by atoms with E-state index in [1.165, 1.54) is 0 Å². The van der Waals surface area contributed by atoms with E-state index in [2.05, 4.69) is 35.8 Å². The van der Waals surface area contributed by atoms with Gasteiger partial charge in [0.2, 0.25) is 0 Å². The summed E-state index contributed by atoms with van der Waals surface area (Å²) in [4.78, 5) is 10.8. The van der Waals surface area contributed by atoms with E-state index in [-0.39, 0.29) is 11.4 Å². The molecular weight excluding hydrogens is 305 g/mol. The summed E-state index contributed by atoms with van der Waals surface area (Å²) in [5.41, 5.74) is 2.19. The van der Waals surface area contributed by atoms with Gasteiger partial charge in [0.15, 0.2) is 5.65 Å². The molecule has 0 amide bonds. The third-order valence-electron chi connectivity index (χ3n) is 4.00. The Morgan fingerprint density at radius 1 is 1.21 bits per heavy atom. The summed E-state index contributed by atoms with van der Waals surface area (Å²) >= 11 is 0. The molecule has 0 saturated heterocycles. The number of nitrogens with zero attached hydrogens (tertiary/aromatic N) is 5. The Bertz CT molecular complexity index is 879. The molecule has 0 aliphatic heterocycles. The number of rotatable bonds is 3. The summed E-state index contributed by atoms with van der Waals surface area (Å²) in [5.74, 6) is 0.603. The van der Waals surface area contributed by atoms with Crippen LogP contribution >= 0.6 is 0 Å². The fourth-order valence-corrected chi connectivity index (χ4v) is 2.71. The summed E-state index contributed by atoms with van der Waals surface area (Å²) in [5, 5.41) is 5.36. The van der Waals surface area contributed by atoms with E-state index in [9.17, 15) is 4.39 Å². The number of hydrogen-bond donors (Lipinski definition) is 0. The SMILES string of the molecule is Cc1ccc(CN(C)c2ncnc3c2cnn3C(C)(C)C)cc1F. The van der Waals surface area contributed by atoms with Crippen LogP contribution in [-0.4, -0.2) is 26.8 Å². The van der Waals surface area contributed by atoms with Crippen LogP contribution in [0.1, 0.15) is 31.9 Å². The summed E-state index contributed by atoms with van der Waals surface area (Å²) in [7, 11) is 1.94. The molecule has 0 radical (unpaired) electrons. The lowest BCUT2D eigenvalue weighted by Crippen LogP contribution is -2.23. The van der Waals surface area contributed by atoms with E-state index >= 15 is 0 Å². The van der Waals surface area contributed by atoms with Crippen LogP contribution in [0.25, 0.3) is 11.0 Å². The Kier molecular flexibility index (Phi) is 3.99. The second kappa shape index (κ2) is 5.85. The molecule has 0 unspecified atom stereocenters. The van der Waals surface area contributed by atoms with Gasteiger partial charge in [-0.05, 0) is 44.9 Å². The van der Waals surface area contributed by atoms with Crippen molar-refractivity contribution in [3.63, 3.8) is 0 Å². The fraction of sp³-hybridized carbons (Fsp3) is 0.389. The average molecular weight is 327 g/mol. The predicted octanol–water partition coefficient (Wildman–Crippen LogP) is 3.67. The first kappa shape index (κ1) is 16.4. The van der Waals surface area contributed by atoms with Crippen LogP contribution in [0.15, 0.2) is 30.7 Å². The van der Waals surface area contributed by atoms with Crippen molar-refractivity contribution in [1.29, 1.82) is 0 Å². The van der Waals surface area contributed by atoms with Crippen LogP contribution in [-0.2, 0) is 12.1 Å². The molecule has 2 aromatic heterocycles. The van der Waals surface area contributed by atoms with Gasteiger partial charge < -0.3 is 4.90 Å². The van der Waals surface area contributed by atoms with Crippen molar-refractivity contribution in [3.8, 4) is 0 Å². The molecular formula is C18H22FN5. The van der Waals surface area contributed by atoms with E-state index in [0.717, 1.165) is 22.4 Å². The van der Waals surface area contributed by atoms with Crippen molar-refractivity contribution in [2.45, 2.75) is 39.8 Å². The molecule has 126 valence electrons. The summed E-state index contributed by atoms with van der Waals surface area (Å²) in [6, 6.07) is 5.31. The largest absolute Gasteiger partial charge is 0.355 e.